The number of ether oxygens (including phenoxy) is 1. The zero-order chi connectivity index (χ0) is 13.4. The zero-order valence-electron chi connectivity index (χ0n) is 9.50. The normalized spacial score (nSPS) is 10.3. The van der Waals surface area contributed by atoms with E-state index in [1.807, 2.05) is 0 Å². The van der Waals surface area contributed by atoms with Crippen LogP contribution < -0.4 is 15.9 Å². The zero-order valence-corrected chi connectivity index (χ0v) is 9.50. The summed E-state index contributed by atoms with van der Waals surface area (Å²) in [6.45, 7) is -0.794. The van der Waals surface area contributed by atoms with Gasteiger partial charge in [0.15, 0.2) is 6.61 Å². The van der Waals surface area contributed by atoms with Gasteiger partial charge < -0.3 is 15.6 Å². The van der Waals surface area contributed by atoms with Gasteiger partial charge in [-0.15, -0.1) is 0 Å². The van der Waals surface area contributed by atoms with E-state index in [4.69, 9.17) is 15.6 Å². The molecule has 7 heteroatoms. The average Bonchev–Trinajstić information content (AvgIpc) is 2.37. The van der Waals surface area contributed by atoms with Crippen LogP contribution in [-0.4, -0.2) is 36.3 Å². The van der Waals surface area contributed by atoms with E-state index in [-0.39, 0.29) is 6.61 Å². The third-order valence-electron chi connectivity index (χ3n) is 1.81. The second-order valence-electron chi connectivity index (χ2n) is 3.28. The molecule has 0 aliphatic rings. The van der Waals surface area contributed by atoms with E-state index in [0.29, 0.717) is 5.75 Å². The molecule has 1 aromatic carbocycles. The number of carbonyl (C=O) groups is 2. The molecule has 4 N–H and O–H groups in total. The predicted molar refractivity (Wildman–Crippen MR) is 64.0 cm³/mol. The van der Waals surface area contributed by atoms with Crippen molar-refractivity contribution in [3.63, 3.8) is 0 Å². The fourth-order valence-electron chi connectivity index (χ4n) is 1.02. The summed E-state index contributed by atoms with van der Waals surface area (Å²) >= 11 is 0. The number of benzene rings is 1. The van der Waals surface area contributed by atoms with Crippen molar-refractivity contribution in [2.75, 3.05) is 13.2 Å². The summed E-state index contributed by atoms with van der Waals surface area (Å²) in [6.07, 6.45) is 1.41. The highest BCUT2D eigenvalue weighted by molar-refractivity contribution is 5.82. The molecule has 0 fully saturated rings. The molecule has 7 nitrogen and oxygen atoms in total. The highest BCUT2D eigenvalue weighted by Crippen LogP contribution is 2.10. The summed E-state index contributed by atoms with van der Waals surface area (Å²) in [5.74, 6) is -0.634. The van der Waals surface area contributed by atoms with Gasteiger partial charge in [0.1, 0.15) is 12.4 Å². The first-order valence-corrected chi connectivity index (χ1v) is 5.05. The molecule has 1 aromatic rings. The Morgan fingerprint density at radius 2 is 2.06 bits per heavy atom. The van der Waals surface area contributed by atoms with Crippen LogP contribution in [-0.2, 0) is 9.59 Å². The third kappa shape index (κ3) is 5.08. The monoisotopic (exact) mass is 251 g/mol. The highest BCUT2D eigenvalue weighted by atomic mass is 16.5. The standard InChI is InChI=1S/C11H13N3O4/c12-10(16)7-18-9-3-1-8(2-4-9)5-13-14-11(17)6-15/h1-5,15H,6-7H2,(H2,12,16)(H,14,17)/b13-5-. The van der Waals surface area contributed by atoms with Crippen LogP contribution in [0.4, 0.5) is 0 Å². The van der Waals surface area contributed by atoms with Gasteiger partial charge in [0.25, 0.3) is 11.8 Å². The quantitative estimate of drug-likeness (QED) is 0.444. The maximum atomic E-state index is 10.7. The second kappa shape index (κ2) is 7.02. The maximum absolute atomic E-state index is 10.7. The third-order valence-corrected chi connectivity index (χ3v) is 1.81. The first kappa shape index (κ1) is 13.7. The van der Waals surface area contributed by atoms with Gasteiger partial charge in [-0.1, -0.05) is 0 Å². The van der Waals surface area contributed by atoms with Gasteiger partial charge in [-0.2, -0.15) is 5.10 Å². The van der Waals surface area contributed by atoms with Gasteiger partial charge in [-0.05, 0) is 29.8 Å². The van der Waals surface area contributed by atoms with Gasteiger partial charge >= 0.3 is 0 Å². The number of nitrogens with zero attached hydrogens (tertiary/aromatic N) is 1. The minimum Gasteiger partial charge on any atom is -0.484 e. The summed E-state index contributed by atoms with van der Waals surface area (Å²) in [7, 11) is 0. The van der Waals surface area contributed by atoms with Gasteiger partial charge in [0.05, 0.1) is 6.21 Å². The van der Waals surface area contributed by atoms with Crippen molar-refractivity contribution in [2.45, 2.75) is 0 Å². The van der Waals surface area contributed by atoms with E-state index in [2.05, 4.69) is 10.5 Å². The van der Waals surface area contributed by atoms with Crippen molar-refractivity contribution < 1.29 is 19.4 Å². The van der Waals surface area contributed by atoms with Gasteiger partial charge in [-0.25, -0.2) is 5.43 Å². The first-order chi connectivity index (χ1) is 8.61. The Balaban J connectivity index is 2.49. The van der Waals surface area contributed by atoms with Gasteiger partial charge in [-0.3, -0.25) is 9.59 Å². The van der Waals surface area contributed by atoms with Gasteiger partial charge in [0.2, 0.25) is 0 Å². The van der Waals surface area contributed by atoms with Crippen LogP contribution >= 0.6 is 0 Å². The maximum Gasteiger partial charge on any atom is 0.265 e. The molecule has 2 amide bonds. The van der Waals surface area contributed by atoms with E-state index < -0.39 is 18.4 Å². The molecule has 0 aliphatic carbocycles. The van der Waals surface area contributed by atoms with Crippen molar-refractivity contribution in [1.29, 1.82) is 0 Å². The van der Waals surface area contributed by atoms with Crippen LogP contribution in [0.15, 0.2) is 29.4 Å². The van der Waals surface area contributed by atoms with Crippen molar-refractivity contribution in [3.8, 4) is 5.75 Å². The molecule has 0 radical (unpaired) electrons. The van der Waals surface area contributed by atoms with Crippen LogP contribution in [0.2, 0.25) is 0 Å². The first-order valence-electron chi connectivity index (χ1n) is 5.05. The number of amides is 2. The summed E-state index contributed by atoms with van der Waals surface area (Å²) < 4.78 is 5.06. The number of hydrogen-bond acceptors (Lipinski definition) is 5. The summed E-state index contributed by atoms with van der Waals surface area (Å²) in [5.41, 5.74) is 7.78. The van der Waals surface area contributed by atoms with Crippen LogP contribution in [0.1, 0.15) is 5.56 Å². The fraction of sp³-hybridized carbons (Fsp3) is 0.182. The molecule has 0 aliphatic heterocycles. The molecule has 0 saturated carbocycles. The Morgan fingerprint density at radius 1 is 1.39 bits per heavy atom. The number of rotatable bonds is 6. The number of aliphatic hydroxyl groups excluding tert-OH is 1. The Labute approximate surface area is 103 Å². The lowest BCUT2D eigenvalue weighted by Crippen LogP contribution is -2.20. The number of carbonyl (C=O) groups excluding carboxylic acids is 2. The minimum absolute atomic E-state index is 0.181. The van der Waals surface area contributed by atoms with Crippen LogP contribution in [0.25, 0.3) is 0 Å². The number of hydrogen-bond donors (Lipinski definition) is 3. The summed E-state index contributed by atoms with van der Waals surface area (Å²) in [5, 5.41) is 12.0. The topological polar surface area (TPSA) is 114 Å². The molecular weight excluding hydrogens is 238 g/mol. The molecule has 1 rings (SSSR count). The SMILES string of the molecule is NC(=O)COc1ccc(/C=N\NC(=O)CO)cc1. The Kier molecular flexibility index (Phi) is 5.33. The lowest BCUT2D eigenvalue weighted by atomic mass is 10.2. The predicted octanol–water partition coefficient (Wildman–Crippen LogP) is -1.01. The van der Waals surface area contributed by atoms with E-state index >= 15 is 0 Å². The van der Waals surface area contributed by atoms with E-state index in [0.717, 1.165) is 5.56 Å². The number of primary amides is 1. The largest absolute Gasteiger partial charge is 0.484 e. The molecule has 0 unspecified atom stereocenters. The Hall–Kier alpha value is -2.41. The molecule has 0 saturated heterocycles. The molecule has 0 aromatic heterocycles. The van der Waals surface area contributed by atoms with E-state index in [1.54, 1.807) is 24.3 Å². The Bertz CT molecular complexity index is 442. The fourth-order valence-corrected chi connectivity index (χ4v) is 1.02. The number of nitrogens with one attached hydrogen (secondary N) is 1. The van der Waals surface area contributed by atoms with E-state index in [1.165, 1.54) is 6.21 Å². The molecular formula is C11H13N3O4. The van der Waals surface area contributed by atoms with Crippen molar-refractivity contribution in [1.82, 2.24) is 5.43 Å². The summed E-state index contributed by atoms with van der Waals surface area (Å²) in [6, 6.07) is 6.65. The molecule has 0 heterocycles. The molecule has 0 atom stereocenters. The van der Waals surface area contributed by atoms with Crippen LogP contribution in [0, 0.1) is 0 Å². The number of hydrazone groups is 1. The summed E-state index contributed by atoms with van der Waals surface area (Å²) in [4.78, 5) is 21.2. The lowest BCUT2D eigenvalue weighted by Gasteiger charge is -2.03. The van der Waals surface area contributed by atoms with Crippen LogP contribution in [0.3, 0.4) is 0 Å². The number of nitrogens with two attached hydrogens (primary N) is 1. The van der Waals surface area contributed by atoms with Crippen molar-refractivity contribution in [3.05, 3.63) is 29.8 Å². The molecule has 96 valence electrons. The van der Waals surface area contributed by atoms with Crippen molar-refractivity contribution in [2.24, 2.45) is 10.8 Å². The van der Waals surface area contributed by atoms with Gasteiger partial charge in [0, 0.05) is 0 Å². The average molecular weight is 251 g/mol. The number of aliphatic hydroxyl groups is 1. The smallest absolute Gasteiger partial charge is 0.265 e. The molecule has 0 spiro atoms. The van der Waals surface area contributed by atoms with Crippen molar-refractivity contribution >= 4 is 18.0 Å². The Morgan fingerprint density at radius 3 is 2.61 bits per heavy atom. The van der Waals surface area contributed by atoms with Crippen LogP contribution in [0.5, 0.6) is 5.75 Å². The minimum atomic E-state index is -0.614. The second-order valence-corrected chi connectivity index (χ2v) is 3.28. The molecule has 0 bridgehead atoms. The highest BCUT2D eigenvalue weighted by Gasteiger charge is 1.97. The molecule has 18 heavy (non-hydrogen) atoms. The van der Waals surface area contributed by atoms with E-state index in [9.17, 15) is 9.59 Å². The lowest BCUT2D eigenvalue weighted by molar-refractivity contribution is -0.123.